The smallest absolute Gasteiger partial charge is 0.418 e. The van der Waals surface area contributed by atoms with Crippen molar-refractivity contribution < 1.29 is 37.2 Å². The van der Waals surface area contributed by atoms with Crippen molar-refractivity contribution in [3.05, 3.63) is 69.2 Å². The lowest BCUT2D eigenvalue weighted by Gasteiger charge is -2.13. The molecule has 1 amide bonds. The Morgan fingerprint density at radius 2 is 1.81 bits per heavy atom. The van der Waals surface area contributed by atoms with Gasteiger partial charge in [0.25, 0.3) is 11.6 Å². The molecule has 1 aromatic carbocycles. The number of benzene rings is 1. The second kappa shape index (κ2) is 7.68. The molecule has 0 spiro atoms. The van der Waals surface area contributed by atoms with E-state index in [-0.39, 0.29) is 11.6 Å². The highest BCUT2D eigenvalue weighted by Crippen LogP contribution is 2.37. The van der Waals surface area contributed by atoms with E-state index in [9.17, 15) is 38.1 Å². The van der Waals surface area contributed by atoms with Crippen LogP contribution in [0.4, 0.5) is 24.5 Å². The van der Waals surface area contributed by atoms with Crippen molar-refractivity contribution in [2.75, 3.05) is 11.9 Å². The summed E-state index contributed by atoms with van der Waals surface area (Å²) in [6.07, 6.45) is -2.92. The normalized spacial score (nSPS) is 10.9. The maximum atomic E-state index is 13.0. The van der Waals surface area contributed by atoms with Crippen LogP contribution in [0.25, 0.3) is 0 Å². The van der Waals surface area contributed by atoms with Gasteiger partial charge in [0.05, 0.1) is 21.7 Å². The number of pyridine rings is 1. The van der Waals surface area contributed by atoms with Crippen LogP contribution in [0.1, 0.15) is 15.9 Å². The fourth-order valence-electron chi connectivity index (χ4n) is 1.94. The highest BCUT2D eigenvalue weighted by atomic mass is 19.4. The summed E-state index contributed by atoms with van der Waals surface area (Å²) < 4.78 is 44.1. The number of hydrogen-bond donors (Lipinski definition) is 1. The molecule has 0 unspecified atom stereocenters. The molecule has 12 heteroatoms. The molecule has 9 nitrogen and oxygen atoms in total. The van der Waals surface area contributed by atoms with E-state index < -0.39 is 46.5 Å². The van der Waals surface area contributed by atoms with Crippen LogP contribution in [0.2, 0.25) is 0 Å². The number of amides is 1. The van der Waals surface area contributed by atoms with Gasteiger partial charge in [-0.15, -0.1) is 0 Å². The zero-order valence-electron chi connectivity index (χ0n) is 13.2. The molecule has 1 N–H and O–H groups in total. The Morgan fingerprint density at radius 3 is 2.37 bits per heavy atom. The maximum absolute atomic E-state index is 13.0. The molecule has 1 heterocycles. The van der Waals surface area contributed by atoms with Crippen molar-refractivity contribution in [2.45, 2.75) is 6.18 Å². The molecule has 0 atom stereocenters. The Bertz CT molecular complexity index is 883. The first-order chi connectivity index (χ1) is 12.6. The lowest BCUT2D eigenvalue weighted by Crippen LogP contribution is -2.25. The van der Waals surface area contributed by atoms with Gasteiger partial charge in [-0.2, -0.15) is 17.9 Å². The van der Waals surface area contributed by atoms with Crippen LogP contribution in [0, 0.1) is 15.3 Å². The summed E-state index contributed by atoms with van der Waals surface area (Å²) in [4.78, 5) is 33.1. The number of aromatic nitrogens is 1. The lowest BCUT2D eigenvalue weighted by atomic mass is 10.1. The number of nitrogens with zero attached hydrogens (tertiary/aromatic N) is 2. The summed E-state index contributed by atoms with van der Waals surface area (Å²) in [5, 5.41) is 23.4. The van der Waals surface area contributed by atoms with Crippen LogP contribution in [0.3, 0.4) is 0 Å². The number of anilines is 1. The first-order valence-electron chi connectivity index (χ1n) is 7.09. The van der Waals surface area contributed by atoms with Gasteiger partial charge in [0.15, 0.2) is 19.0 Å². The fraction of sp³-hybridized carbons (Fsp3) is 0.133. The van der Waals surface area contributed by atoms with Gasteiger partial charge in [-0.1, -0.05) is 0 Å². The number of esters is 1. The Kier molecular flexibility index (Phi) is 5.58. The van der Waals surface area contributed by atoms with E-state index in [4.69, 9.17) is 0 Å². The average Bonchev–Trinajstić information content (AvgIpc) is 2.59. The standard InChI is InChI=1S/C15H10F3N3O6/c16-15(17,18)11-7-10(21(25)26)1-2-12(11)19-13(22)8-27-14(23)9-3-5-20(24)6-4-9/h1-7H,8H2,(H,19,22). The van der Waals surface area contributed by atoms with Gasteiger partial charge in [-0.05, 0) is 6.07 Å². The lowest BCUT2D eigenvalue weighted by molar-refractivity contribution is -0.605. The van der Waals surface area contributed by atoms with Crippen molar-refractivity contribution in [1.29, 1.82) is 0 Å². The number of hydrogen-bond acceptors (Lipinski definition) is 6. The number of carbonyl (C=O) groups excluding carboxylic acids is 2. The predicted molar refractivity (Wildman–Crippen MR) is 82.4 cm³/mol. The predicted octanol–water partition coefficient (Wildman–Crippen LogP) is 2.04. The minimum atomic E-state index is -4.96. The quantitative estimate of drug-likeness (QED) is 0.276. The van der Waals surface area contributed by atoms with E-state index in [2.05, 4.69) is 4.74 Å². The Hall–Kier alpha value is -3.70. The fourth-order valence-corrected chi connectivity index (χ4v) is 1.94. The van der Waals surface area contributed by atoms with Crippen LogP contribution < -0.4 is 10.0 Å². The molecule has 0 saturated heterocycles. The van der Waals surface area contributed by atoms with Crippen molar-refractivity contribution in [2.24, 2.45) is 0 Å². The third-order valence-electron chi connectivity index (χ3n) is 3.17. The number of nitro groups is 1. The van der Waals surface area contributed by atoms with Gasteiger partial charge < -0.3 is 15.3 Å². The molecule has 0 aliphatic heterocycles. The van der Waals surface area contributed by atoms with E-state index in [0.717, 1.165) is 36.7 Å². The van der Waals surface area contributed by atoms with E-state index in [1.165, 1.54) is 0 Å². The monoisotopic (exact) mass is 385 g/mol. The summed E-state index contributed by atoms with van der Waals surface area (Å²) in [6.45, 7) is -0.903. The van der Waals surface area contributed by atoms with Crippen molar-refractivity contribution in [1.82, 2.24) is 0 Å². The number of ether oxygens (including phenoxy) is 1. The first kappa shape index (κ1) is 19.6. The summed E-state index contributed by atoms with van der Waals surface area (Å²) in [6, 6.07) is 4.06. The third-order valence-corrected chi connectivity index (χ3v) is 3.17. The number of carbonyl (C=O) groups is 2. The minimum Gasteiger partial charge on any atom is -0.619 e. The second-order valence-electron chi connectivity index (χ2n) is 5.06. The van der Waals surface area contributed by atoms with Crippen LogP contribution in [0.15, 0.2) is 42.7 Å². The average molecular weight is 385 g/mol. The summed E-state index contributed by atoms with van der Waals surface area (Å²) >= 11 is 0. The number of nitro benzene ring substituents is 1. The summed E-state index contributed by atoms with van der Waals surface area (Å²) in [5.41, 5.74) is -2.98. The molecule has 1 aromatic heterocycles. The number of halogens is 3. The van der Waals surface area contributed by atoms with Crippen LogP contribution in [-0.4, -0.2) is 23.4 Å². The minimum absolute atomic E-state index is 0.0405. The highest BCUT2D eigenvalue weighted by Gasteiger charge is 2.35. The van der Waals surface area contributed by atoms with Gasteiger partial charge in [-0.3, -0.25) is 14.9 Å². The topological polar surface area (TPSA) is 125 Å². The largest absolute Gasteiger partial charge is 0.619 e. The number of nitrogens with one attached hydrogen (secondary N) is 1. The van der Waals surface area contributed by atoms with Crippen LogP contribution >= 0.6 is 0 Å². The molecule has 27 heavy (non-hydrogen) atoms. The molecule has 0 aliphatic rings. The van der Waals surface area contributed by atoms with Crippen molar-refractivity contribution >= 4 is 23.3 Å². The maximum Gasteiger partial charge on any atom is 0.418 e. The molecule has 142 valence electrons. The molecule has 2 rings (SSSR count). The third kappa shape index (κ3) is 5.14. The second-order valence-corrected chi connectivity index (χ2v) is 5.06. The van der Waals surface area contributed by atoms with E-state index in [1.807, 2.05) is 5.32 Å². The number of alkyl halides is 3. The van der Waals surface area contributed by atoms with E-state index in [1.54, 1.807) is 0 Å². The Labute approximate surface area is 148 Å². The molecule has 0 bridgehead atoms. The summed E-state index contributed by atoms with van der Waals surface area (Å²) in [7, 11) is 0. The van der Waals surface area contributed by atoms with Gasteiger partial charge in [0.1, 0.15) is 0 Å². The number of non-ortho nitro benzene ring substituents is 1. The van der Waals surface area contributed by atoms with Gasteiger partial charge in [0.2, 0.25) is 0 Å². The van der Waals surface area contributed by atoms with Crippen LogP contribution in [-0.2, 0) is 15.7 Å². The SMILES string of the molecule is O=C(COC(=O)c1cc[n+]([O-])cc1)Nc1ccc([N+](=O)[O-])cc1C(F)(F)F. The highest BCUT2D eigenvalue weighted by molar-refractivity contribution is 5.96. The Balaban J connectivity index is 2.08. The molecular formula is C15H10F3N3O6. The first-order valence-corrected chi connectivity index (χ1v) is 7.09. The van der Waals surface area contributed by atoms with Gasteiger partial charge in [0, 0.05) is 24.3 Å². The molecular weight excluding hydrogens is 375 g/mol. The molecule has 2 aromatic rings. The van der Waals surface area contributed by atoms with E-state index >= 15 is 0 Å². The Morgan fingerprint density at radius 1 is 1.19 bits per heavy atom. The number of rotatable bonds is 5. The molecule has 0 saturated carbocycles. The van der Waals surface area contributed by atoms with Crippen LogP contribution in [0.5, 0.6) is 0 Å². The molecule has 0 aliphatic carbocycles. The zero-order chi connectivity index (χ0) is 20.2. The molecule has 0 fully saturated rings. The molecule has 0 radical (unpaired) electrons. The summed E-state index contributed by atoms with van der Waals surface area (Å²) in [5.74, 6) is -2.05. The zero-order valence-corrected chi connectivity index (χ0v) is 13.2. The van der Waals surface area contributed by atoms with Crippen molar-refractivity contribution in [3.63, 3.8) is 0 Å². The van der Waals surface area contributed by atoms with Gasteiger partial charge in [-0.25, -0.2) is 4.79 Å². The van der Waals surface area contributed by atoms with Gasteiger partial charge >= 0.3 is 12.1 Å². The van der Waals surface area contributed by atoms with E-state index in [0.29, 0.717) is 4.73 Å². The van der Waals surface area contributed by atoms with Crippen molar-refractivity contribution in [3.8, 4) is 0 Å².